The van der Waals surface area contributed by atoms with Crippen molar-refractivity contribution < 1.29 is 19.1 Å². The highest BCUT2D eigenvalue weighted by atomic mass is 19.1. The molecule has 0 bridgehead atoms. The maximum atomic E-state index is 13.3. The fourth-order valence-electron chi connectivity index (χ4n) is 2.41. The smallest absolute Gasteiger partial charge is 0.326 e. The molecular formula is C15H19FN2O3. The molecule has 1 atom stereocenters. The second-order valence-corrected chi connectivity index (χ2v) is 6.26. The van der Waals surface area contributed by atoms with E-state index in [1.54, 1.807) is 26.8 Å². The molecule has 1 heterocycles. The Morgan fingerprint density at radius 2 is 2.05 bits per heavy atom. The summed E-state index contributed by atoms with van der Waals surface area (Å²) in [4.78, 5) is 25.0. The van der Waals surface area contributed by atoms with Crippen molar-refractivity contribution >= 4 is 17.7 Å². The molecular weight excluding hydrogens is 275 g/mol. The highest BCUT2D eigenvalue weighted by Gasteiger charge is 2.35. The Balaban J connectivity index is 2.19. The van der Waals surface area contributed by atoms with Crippen molar-refractivity contribution in [1.82, 2.24) is 5.32 Å². The van der Waals surface area contributed by atoms with Crippen LogP contribution in [0.1, 0.15) is 26.3 Å². The predicted octanol–water partition coefficient (Wildman–Crippen LogP) is 2.40. The number of nitrogens with one attached hydrogen (secondary N) is 1. The monoisotopic (exact) mass is 294 g/mol. The van der Waals surface area contributed by atoms with Crippen molar-refractivity contribution in [2.75, 3.05) is 11.4 Å². The highest BCUT2D eigenvalue weighted by Crippen LogP contribution is 2.29. The first-order valence-electron chi connectivity index (χ1n) is 6.79. The fourth-order valence-corrected chi connectivity index (χ4v) is 2.41. The van der Waals surface area contributed by atoms with Gasteiger partial charge in [-0.05, 0) is 29.5 Å². The molecule has 2 amide bonds. The number of carbonyl (C=O) groups is 2. The first kappa shape index (κ1) is 15.3. The Hall–Kier alpha value is -2.11. The van der Waals surface area contributed by atoms with Crippen molar-refractivity contribution in [3.8, 4) is 0 Å². The molecule has 0 spiro atoms. The largest absolute Gasteiger partial charge is 0.480 e. The van der Waals surface area contributed by atoms with Gasteiger partial charge in [0, 0.05) is 6.54 Å². The normalized spacial score (nSPS) is 15.5. The Morgan fingerprint density at radius 3 is 2.62 bits per heavy atom. The molecule has 1 unspecified atom stereocenters. The molecule has 0 aliphatic carbocycles. The Morgan fingerprint density at radius 1 is 1.38 bits per heavy atom. The molecule has 0 saturated heterocycles. The van der Waals surface area contributed by atoms with Crippen LogP contribution in [0.15, 0.2) is 18.2 Å². The van der Waals surface area contributed by atoms with E-state index in [1.807, 2.05) is 0 Å². The van der Waals surface area contributed by atoms with E-state index in [-0.39, 0.29) is 0 Å². The van der Waals surface area contributed by atoms with E-state index in [0.29, 0.717) is 18.7 Å². The summed E-state index contributed by atoms with van der Waals surface area (Å²) in [5.41, 5.74) is 0.770. The summed E-state index contributed by atoms with van der Waals surface area (Å²) in [6.45, 7) is 5.64. The van der Waals surface area contributed by atoms with E-state index in [2.05, 4.69) is 5.32 Å². The predicted molar refractivity (Wildman–Crippen MR) is 76.9 cm³/mol. The number of carboxylic acid groups (broad SMARTS) is 1. The number of aliphatic carboxylic acids is 1. The summed E-state index contributed by atoms with van der Waals surface area (Å²) < 4.78 is 13.3. The number of anilines is 1. The van der Waals surface area contributed by atoms with Gasteiger partial charge in [-0.3, -0.25) is 4.90 Å². The van der Waals surface area contributed by atoms with Crippen LogP contribution in [0.5, 0.6) is 0 Å². The number of carbonyl (C=O) groups excluding carboxylic acids is 1. The van der Waals surface area contributed by atoms with Crippen LogP contribution in [0.4, 0.5) is 14.9 Å². The SMILES string of the molecule is CC(C)(C)C(NC(=O)N1CCc2ccc(F)cc21)C(=O)O. The molecule has 0 fully saturated rings. The van der Waals surface area contributed by atoms with Gasteiger partial charge in [0.1, 0.15) is 11.9 Å². The van der Waals surface area contributed by atoms with Crippen LogP contribution < -0.4 is 10.2 Å². The highest BCUT2D eigenvalue weighted by molar-refractivity contribution is 5.96. The molecule has 1 aromatic rings. The van der Waals surface area contributed by atoms with Gasteiger partial charge in [0.25, 0.3) is 0 Å². The summed E-state index contributed by atoms with van der Waals surface area (Å²) >= 11 is 0. The van der Waals surface area contributed by atoms with E-state index in [9.17, 15) is 19.1 Å². The quantitative estimate of drug-likeness (QED) is 0.880. The zero-order chi connectivity index (χ0) is 15.8. The van der Waals surface area contributed by atoms with Crippen molar-refractivity contribution in [1.29, 1.82) is 0 Å². The van der Waals surface area contributed by atoms with Crippen molar-refractivity contribution in [3.63, 3.8) is 0 Å². The van der Waals surface area contributed by atoms with E-state index in [0.717, 1.165) is 5.56 Å². The summed E-state index contributed by atoms with van der Waals surface area (Å²) in [5.74, 6) is -1.51. The molecule has 2 N–H and O–H groups in total. The summed E-state index contributed by atoms with van der Waals surface area (Å²) in [6.07, 6.45) is 0.635. The number of amides is 2. The van der Waals surface area contributed by atoms with Gasteiger partial charge in [0.05, 0.1) is 5.69 Å². The van der Waals surface area contributed by atoms with Crippen LogP contribution >= 0.6 is 0 Å². The molecule has 6 heteroatoms. The first-order chi connectivity index (χ1) is 9.70. The standard InChI is InChI=1S/C15H19FN2O3/c1-15(2,3)12(13(19)20)17-14(21)18-7-6-9-4-5-10(16)8-11(9)18/h4-5,8,12H,6-7H2,1-3H3,(H,17,21)(H,19,20). The molecule has 1 aliphatic heterocycles. The van der Waals surface area contributed by atoms with Gasteiger partial charge in [-0.1, -0.05) is 26.8 Å². The molecule has 0 saturated carbocycles. The van der Waals surface area contributed by atoms with Crippen molar-refractivity contribution in [2.24, 2.45) is 5.41 Å². The number of benzene rings is 1. The van der Waals surface area contributed by atoms with Crippen LogP contribution in [0.2, 0.25) is 0 Å². The average molecular weight is 294 g/mol. The Bertz CT molecular complexity index is 581. The second-order valence-electron chi connectivity index (χ2n) is 6.26. The lowest BCUT2D eigenvalue weighted by Crippen LogP contribution is -2.53. The lowest BCUT2D eigenvalue weighted by Gasteiger charge is -2.29. The lowest BCUT2D eigenvalue weighted by atomic mass is 9.87. The molecule has 2 rings (SSSR count). The zero-order valence-corrected chi connectivity index (χ0v) is 12.3. The van der Waals surface area contributed by atoms with Gasteiger partial charge in [-0.25, -0.2) is 14.0 Å². The number of halogens is 1. The van der Waals surface area contributed by atoms with E-state index < -0.39 is 29.3 Å². The van der Waals surface area contributed by atoms with Crippen LogP contribution in [0.25, 0.3) is 0 Å². The van der Waals surface area contributed by atoms with E-state index in [1.165, 1.54) is 17.0 Å². The number of nitrogens with zero attached hydrogens (tertiary/aromatic N) is 1. The van der Waals surface area contributed by atoms with Gasteiger partial charge in [-0.2, -0.15) is 0 Å². The topological polar surface area (TPSA) is 69.6 Å². The molecule has 5 nitrogen and oxygen atoms in total. The number of hydrogen-bond acceptors (Lipinski definition) is 2. The molecule has 114 valence electrons. The van der Waals surface area contributed by atoms with Crippen molar-refractivity contribution in [2.45, 2.75) is 33.2 Å². The number of rotatable bonds is 2. The third-order valence-electron chi connectivity index (χ3n) is 3.57. The van der Waals surface area contributed by atoms with E-state index >= 15 is 0 Å². The Kier molecular flexibility index (Phi) is 3.89. The summed E-state index contributed by atoms with van der Waals surface area (Å²) in [6, 6.07) is 2.78. The summed E-state index contributed by atoms with van der Waals surface area (Å²) in [7, 11) is 0. The third-order valence-corrected chi connectivity index (χ3v) is 3.57. The number of fused-ring (bicyclic) bond motifs is 1. The molecule has 0 radical (unpaired) electrons. The second kappa shape index (κ2) is 5.35. The molecule has 1 aliphatic rings. The summed E-state index contributed by atoms with van der Waals surface area (Å²) in [5, 5.41) is 11.8. The maximum absolute atomic E-state index is 13.3. The average Bonchev–Trinajstić information content (AvgIpc) is 2.76. The van der Waals surface area contributed by atoms with E-state index in [4.69, 9.17) is 0 Å². The number of urea groups is 1. The van der Waals surface area contributed by atoms with Gasteiger partial charge in [0.15, 0.2) is 0 Å². The zero-order valence-electron chi connectivity index (χ0n) is 12.3. The van der Waals surface area contributed by atoms with Gasteiger partial charge >= 0.3 is 12.0 Å². The number of hydrogen-bond donors (Lipinski definition) is 2. The van der Waals surface area contributed by atoms with Gasteiger partial charge in [0.2, 0.25) is 0 Å². The minimum absolute atomic E-state index is 0.418. The number of carboxylic acids is 1. The minimum atomic E-state index is -1.09. The van der Waals surface area contributed by atoms with Crippen LogP contribution in [-0.4, -0.2) is 29.7 Å². The Labute approximate surface area is 122 Å². The molecule has 1 aromatic carbocycles. The van der Waals surface area contributed by atoms with Crippen LogP contribution in [-0.2, 0) is 11.2 Å². The maximum Gasteiger partial charge on any atom is 0.326 e. The minimum Gasteiger partial charge on any atom is -0.480 e. The third kappa shape index (κ3) is 3.15. The van der Waals surface area contributed by atoms with Gasteiger partial charge in [-0.15, -0.1) is 0 Å². The molecule has 21 heavy (non-hydrogen) atoms. The molecule has 0 aromatic heterocycles. The van der Waals surface area contributed by atoms with Crippen LogP contribution in [0, 0.1) is 11.2 Å². The van der Waals surface area contributed by atoms with Crippen LogP contribution in [0.3, 0.4) is 0 Å². The fraction of sp³-hybridized carbons (Fsp3) is 0.467. The van der Waals surface area contributed by atoms with Gasteiger partial charge < -0.3 is 10.4 Å². The van der Waals surface area contributed by atoms with Crippen molar-refractivity contribution in [3.05, 3.63) is 29.6 Å². The first-order valence-corrected chi connectivity index (χ1v) is 6.79. The lowest BCUT2D eigenvalue weighted by molar-refractivity contribution is -0.141.